The summed E-state index contributed by atoms with van der Waals surface area (Å²) in [6.07, 6.45) is 2.21. The van der Waals surface area contributed by atoms with Gasteiger partial charge in [0.2, 0.25) is 0 Å². The van der Waals surface area contributed by atoms with Gasteiger partial charge in [0.1, 0.15) is 11.3 Å². The number of thiocarbonyl (C=S) groups is 1. The summed E-state index contributed by atoms with van der Waals surface area (Å²) >= 11 is 13.0. The fraction of sp³-hybridized carbons (Fsp3) is 0.0645. The molecule has 1 aliphatic heterocycles. The van der Waals surface area contributed by atoms with Gasteiger partial charge in [0.15, 0.2) is 5.11 Å². The van der Waals surface area contributed by atoms with E-state index in [4.69, 9.17) is 17.0 Å². The maximum atomic E-state index is 13.8. The van der Waals surface area contributed by atoms with E-state index in [1.807, 2.05) is 72.8 Å². The first-order chi connectivity index (χ1) is 18.9. The van der Waals surface area contributed by atoms with Crippen molar-refractivity contribution in [1.29, 1.82) is 0 Å². The quantitative estimate of drug-likeness (QED) is 0.122. The lowest BCUT2D eigenvalue weighted by Gasteiger charge is -2.36. The molecule has 0 radical (unpaired) electrons. The van der Waals surface area contributed by atoms with E-state index < -0.39 is 11.8 Å². The van der Waals surface area contributed by atoms with Crippen molar-refractivity contribution in [2.45, 2.75) is 6.42 Å². The molecule has 5 nitrogen and oxygen atoms in total. The number of halogens is 2. The van der Waals surface area contributed by atoms with Crippen LogP contribution in [0, 0.1) is 0 Å². The van der Waals surface area contributed by atoms with Gasteiger partial charge in [0.25, 0.3) is 11.8 Å². The zero-order valence-corrected chi connectivity index (χ0v) is 24.8. The molecule has 0 aromatic heterocycles. The van der Waals surface area contributed by atoms with E-state index in [1.54, 1.807) is 37.5 Å². The largest absolute Gasteiger partial charge is 0.496 e. The topological polar surface area (TPSA) is 49.9 Å². The average Bonchev–Trinajstić information content (AvgIpc) is 2.94. The van der Waals surface area contributed by atoms with Crippen LogP contribution in [0.4, 0.5) is 11.4 Å². The van der Waals surface area contributed by atoms with Crippen LogP contribution in [0.25, 0.3) is 6.08 Å². The summed E-state index contributed by atoms with van der Waals surface area (Å²) in [4.78, 5) is 30.4. The zero-order valence-electron chi connectivity index (χ0n) is 20.8. The SMILES string of the molecule is COc1cc(C=C2C(=O)N(c3ccccc3)C(=S)N(c3ccccc3)C2=O)cc(Br)c1Cc1ccccc1Br. The minimum absolute atomic E-state index is 0.0104. The molecular weight excluding hydrogens is 640 g/mol. The van der Waals surface area contributed by atoms with Gasteiger partial charge in [-0.05, 0) is 71.9 Å². The Bertz CT molecular complexity index is 1540. The summed E-state index contributed by atoms with van der Waals surface area (Å²) in [5.74, 6) is -0.343. The van der Waals surface area contributed by atoms with Crippen LogP contribution in [-0.2, 0) is 16.0 Å². The van der Waals surface area contributed by atoms with Crippen LogP contribution in [0.3, 0.4) is 0 Å². The summed E-state index contributed by atoms with van der Waals surface area (Å²) in [5, 5.41) is 0.0992. The molecule has 1 fully saturated rings. The van der Waals surface area contributed by atoms with E-state index in [9.17, 15) is 9.59 Å². The number of nitrogens with zero attached hydrogens (tertiary/aromatic N) is 2. The van der Waals surface area contributed by atoms with E-state index in [2.05, 4.69) is 31.9 Å². The minimum atomic E-state index is -0.490. The van der Waals surface area contributed by atoms with Gasteiger partial charge >= 0.3 is 0 Å². The van der Waals surface area contributed by atoms with Crippen LogP contribution in [0.1, 0.15) is 16.7 Å². The summed E-state index contributed by atoms with van der Waals surface area (Å²) in [7, 11) is 1.60. The Balaban J connectivity index is 1.60. The normalized spacial score (nSPS) is 13.6. The molecular formula is C31H22Br2N2O3S. The molecule has 0 atom stereocenters. The number of rotatable bonds is 6. The number of para-hydroxylation sites is 2. The van der Waals surface area contributed by atoms with Gasteiger partial charge in [-0.25, -0.2) is 0 Å². The van der Waals surface area contributed by atoms with Crippen molar-refractivity contribution in [3.63, 3.8) is 0 Å². The van der Waals surface area contributed by atoms with Gasteiger partial charge in [0.05, 0.1) is 18.5 Å². The minimum Gasteiger partial charge on any atom is -0.496 e. The van der Waals surface area contributed by atoms with Crippen LogP contribution < -0.4 is 14.5 Å². The third kappa shape index (κ3) is 5.45. The number of carbonyl (C=O) groups excluding carboxylic acids is 2. The van der Waals surface area contributed by atoms with Crippen LogP contribution in [0.2, 0.25) is 0 Å². The molecule has 0 aliphatic carbocycles. The van der Waals surface area contributed by atoms with Gasteiger partial charge < -0.3 is 4.74 Å². The number of hydrogen-bond acceptors (Lipinski definition) is 4. The highest BCUT2D eigenvalue weighted by molar-refractivity contribution is 9.10. The number of benzene rings is 4. The fourth-order valence-electron chi connectivity index (χ4n) is 4.41. The Morgan fingerprint density at radius 2 is 1.31 bits per heavy atom. The summed E-state index contributed by atoms with van der Waals surface area (Å²) < 4.78 is 7.54. The maximum absolute atomic E-state index is 13.8. The van der Waals surface area contributed by atoms with Crippen molar-refractivity contribution in [2.75, 3.05) is 16.9 Å². The average molecular weight is 662 g/mol. The van der Waals surface area contributed by atoms with Crippen LogP contribution >= 0.6 is 44.1 Å². The maximum Gasteiger partial charge on any atom is 0.270 e. The van der Waals surface area contributed by atoms with Crippen molar-refractivity contribution in [1.82, 2.24) is 0 Å². The molecule has 1 saturated heterocycles. The zero-order chi connectivity index (χ0) is 27.5. The molecule has 0 spiro atoms. The van der Waals surface area contributed by atoms with E-state index in [0.717, 1.165) is 20.1 Å². The molecule has 39 heavy (non-hydrogen) atoms. The van der Waals surface area contributed by atoms with Gasteiger partial charge in [-0.1, -0.05) is 86.5 Å². The molecule has 0 bridgehead atoms. The highest BCUT2D eigenvalue weighted by atomic mass is 79.9. The monoisotopic (exact) mass is 660 g/mol. The lowest BCUT2D eigenvalue weighted by Crippen LogP contribution is -2.56. The molecule has 4 aromatic rings. The third-order valence-corrected chi connectivity index (χ3v) is 8.16. The lowest BCUT2D eigenvalue weighted by molar-refractivity contribution is -0.120. The molecule has 1 heterocycles. The Kier molecular flexibility index (Phi) is 8.07. The van der Waals surface area contributed by atoms with Crippen molar-refractivity contribution >= 4 is 78.5 Å². The van der Waals surface area contributed by atoms with Gasteiger partial charge in [-0.15, -0.1) is 0 Å². The Hall–Kier alpha value is -3.59. The highest BCUT2D eigenvalue weighted by Crippen LogP contribution is 2.35. The number of anilines is 2. The molecule has 0 N–H and O–H groups in total. The van der Waals surface area contributed by atoms with Gasteiger partial charge in [-0.3, -0.25) is 19.4 Å². The fourth-order valence-corrected chi connectivity index (χ4v) is 5.81. The molecule has 5 rings (SSSR count). The summed E-state index contributed by atoms with van der Waals surface area (Å²) in [6.45, 7) is 0. The molecule has 1 aliphatic rings. The number of hydrogen-bond donors (Lipinski definition) is 0. The number of ether oxygens (including phenoxy) is 1. The lowest BCUT2D eigenvalue weighted by atomic mass is 10.00. The van der Waals surface area contributed by atoms with Gasteiger partial charge in [-0.2, -0.15) is 0 Å². The molecule has 0 unspecified atom stereocenters. The van der Waals surface area contributed by atoms with E-state index in [1.165, 1.54) is 9.80 Å². The van der Waals surface area contributed by atoms with Crippen molar-refractivity contribution in [2.24, 2.45) is 0 Å². The second kappa shape index (κ2) is 11.7. The predicted molar refractivity (Wildman–Crippen MR) is 166 cm³/mol. The molecule has 194 valence electrons. The standard InChI is InChI=1S/C31H22Br2N2O3S/c1-38-28-18-20(17-27(33)24(28)19-21-10-8-9-15-26(21)32)16-25-29(36)34(22-11-4-2-5-12-22)31(39)35(30(25)37)23-13-6-3-7-14-23/h2-18H,19H2,1H3. The highest BCUT2D eigenvalue weighted by Gasteiger charge is 2.41. The van der Waals surface area contributed by atoms with E-state index in [0.29, 0.717) is 29.1 Å². The molecule has 4 aromatic carbocycles. The molecule has 0 saturated carbocycles. The first kappa shape index (κ1) is 27.0. The van der Waals surface area contributed by atoms with Crippen LogP contribution in [0.5, 0.6) is 5.75 Å². The second-order valence-electron chi connectivity index (χ2n) is 8.74. The number of amides is 2. The third-order valence-electron chi connectivity index (χ3n) is 6.31. The van der Waals surface area contributed by atoms with Crippen LogP contribution in [0.15, 0.2) is 112 Å². The molecule has 2 amide bonds. The van der Waals surface area contributed by atoms with Crippen molar-refractivity contribution in [3.8, 4) is 5.75 Å². The number of methoxy groups -OCH3 is 1. The van der Waals surface area contributed by atoms with Crippen molar-refractivity contribution < 1.29 is 14.3 Å². The Morgan fingerprint density at radius 1 is 0.769 bits per heavy atom. The Labute approximate surface area is 249 Å². The summed E-state index contributed by atoms with van der Waals surface area (Å²) in [5.41, 5.74) is 3.84. The van der Waals surface area contributed by atoms with Crippen molar-refractivity contribution in [3.05, 3.63) is 128 Å². The second-order valence-corrected chi connectivity index (χ2v) is 10.8. The smallest absolute Gasteiger partial charge is 0.270 e. The van der Waals surface area contributed by atoms with E-state index in [-0.39, 0.29) is 10.7 Å². The first-order valence-electron chi connectivity index (χ1n) is 12.0. The van der Waals surface area contributed by atoms with Gasteiger partial charge in [0, 0.05) is 20.9 Å². The van der Waals surface area contributed by atoms with Crippen LogP contribution in [-0.4, -0.2) is 24.0 Å². The summed E-state index contributed by atoms with van der Waals surface area (Å²) in [6, 6.07) is 29.9. The first-order valence-corrected chi connectivity index (χ1v) is 14.0. The predicted octanol–water partition coefficient (Wildman–Crippen LogP) is 7.56. The number of carbonyl (C=O) groups is 2. The van der Waals surface area contributed by atoms with E-state index >= 15 is 0 Å². The Morgan fingerprint density at radius 3 is 1.85 bits per heavy atom. The molecule has 8 heteroatoms.